The van der Waals surface area contributed by atoms with Crippen molar-refractivity contribution >= 4 is 24.1 Å². The number of nitrogens with zero attached hydrogens (tertiary/aromatic N) is 1. The fourth-order valence-corrected chi connectivity index (χ4v) is 3.22. The Kier molecular flexibility index (Phi) is 2.69. The summed E-state index contributed by atoms with van der Waals surface area (Å²) in [6.07, 6.45) is 0. The van der Waals surface area contributed by atoms with Crippen molar-refractivity contribution < 1.29 is 23.3 Å². The monoisotopic (exact) mass is 275 g/mol. The Labute approximate surface area is 118 Å². The Morgan fingerprint density at radius 1 is 1.05 bits per heavy atom. The molecule has 0 amide bonds. The van der Waals surface area contributed by atoms with Crippen LogP contribution in [0.5, 0.6) is 0 Å². The van der Waals surface area contributed by atoms with E-state index in [1.54, 1.807) is 0 Å². The molecule has 2 fully saturated rings. The molecule has 0 atom stereocenters. The SMILES string of the molecule is CC(C)c1ccc([B-]23OC(=O)C[N+]2(C)CC(=O)O3)cc1. The van der Waals surface area contributed by atoms with Gasteiger partial charge in [0.2, 0.25) is 0 Å². The Hall–Kier alpha value is -1.82. The van der Waals surface area contributed by atoms with Gasteiger partial charge in [-0.3, -0.25) is 9.59 Å². The highest BCUT2D eigenvalue weighted by atomic mass is 16.7. The van der Waals surface area contributed by atoms with E-state index in [0.717, 1.165) is 5.46 Å². The Bertz CT molecular complexity index is 561. The number of carbonyl (C=O) groups is 2. The number of hydrogen-bond donors (Lipinski definition) is 0. The van der Waals surface area contributed by atoms with Gasteiger partial charge in [-0.25, -0.2) is 0 Å². The number of fused-ring (bicyclic) bond motifs is 1. The molecular formula is C14H18BNO4. The van der Waals surface area contributed by atoms with Crippen LogP contribution in [0.2, 0.25) is 0 Å². The maximum absolute atomic E-state index is 11.7. The summed E-state index contributed by atoms with van der Waals surface area (Å²) < 4.78 is 11.2. The quantitative estimate of drug-likeness (QED) is 0.738. The zero-order chi connectivity index (χ0) is 14.5. The second-order valence-corrected chi connectivity index (χ2v) is 6.27. The van der Waals surface area contributed by atoms with Crippen molar-refractivity contribution in [2.75, 3.05) is 20.1 Å². The zero-order valence-corrected chi connectivity index (χ0v) is 12.0. The van der Waals surface area contributed by atoms with E-state index in [0.29, 0.717) is 5.92 Å². The van der Waals surface area contributed by atoms with Crippen molar-refractivity contribution in [3.8, 4) is 0 Å². The zero-order valence-electron chi connectivity index (χ0n) is 12.0. The van der Waals surface area contributed by atoms with Crippen molar-refractivity contribution in [2.24, 2.45) is 0 Å². The minimum absolute atomic E-state index is 0.178. The second-order valence-electron chi connectivity index (χ2n) is 6.27. The van der Waals surface area contributed by atoms with Crippen LogP contribution in [0.25, 0.3) is 0 Å². The maximum Gasteiger partial charge on any atom is 0.614 e. The predicted octanol–water partition coefficient (Wildman–Crippen LogP) is 0.516. The molecule has 6 heteroatoms. The van der Waals surface area contributed by atoms with Gasteiger partial charge in [0.15, 0.2) is 0 Å². The van der Waals surface area contributed by atoms with Crippen LogP contribution in [0.1, 0.15) is 25.3 Å². The molecule has 20 heavy (non-hydrogen) atoms. The van der Waals surface area contributed by atoms with E-state index in [1.807, 2.05) is 31.3 Å². The van der Waals surface area contributed by atoms with Gasteiger partial charge < -0.3 is 13.7 Å². The summed E-state index contributed by atoms with van der Waals surface area (Å²) in [4.78, 5) is 23.4. The highest BCUT2D eigenvalue weighted by Crippen LogP contribution is 2.33. The third-order valence-electron chi connectivity index (χ3n) is 4.41. The highest BCUT2D eigenvalue weighted by molar-refractivity contribution is 6.79. The number of quaternary nitrogens is 1. The van der Waals surface area contributed by atoms with Gasteiger partial charge in [0, 0.05) is 7.05 Å². The Balaban J connectivity index is 2.06. The number of carbonyl (C=O) groups excluding carboxylic acids is 2. The molecule has 0 spiro atoms. The number of rotatable bonds is 2. The average molecular weight is 275 g/mol. The van der Waals surface area contributed by atoms with Gasteiger partial charge in [0.25, 0.3) is 0 Å². The maximum atomic E-state index is 11.7. The topological polar surface area (TPSA) is 52.6 Å². The van der Waals surface area contributed by atoms with Gasteiger partial charge in [-0.05, 0) is 11.5 Å². The van der Waals surface area contributed by atoms with Crippen molar-refractivity contribution in [3.05, 3.63) is 29.8 Å². The van der Waals surface area contributed by atoms with Gasteiger partial charge in [-0.2, -0.15) is 0 Å². The molecule has 2 aliphatic rings. The first kappa shape index (κ1) is 13.2. The third-order valence-corrected chi connectivity index (χ3v) is 4.41. The number of benzene rings is 1. The Morgan fingerprint density at radius 2 is 1.55 bits per heavy atom. The Morgan fingerprint density at radius 3 is 2.00 bits per heavy atom. The molecule has 0 saturated carbocycles. The first-order chi connectivity index (χ1) is 9.36. The van der Waals surface area contributed by atoms with Gasteiger partial charge in [0.05, 0.1) is 0 Å². The van der Waals surface area contributed by atoms with Crippen LogP contribution in [0.15, 0.2) is 24.3 Å². The van der Waals surface area contributed by atoms with E-state index >= 15 is 0 Å². The molecule has 1 aromatic rings. The van der Waals surface area contributed by atoms with Crippen LogP contribution in [0.3, 0.4) is 0 Å². The van der Waals surface area contributed by atoms with Crippen LogP contribution < -0.4 is 5.46 Å². The van der Waals surface area contributed by atoms with Crippen molar-refractivity contribution in [2.45, 2.75) is 19.8 Å². The van der Waals surface area contributed by atoms with Crippen molar-refractivity contribution in [3.63, 3.8) is 0 Å². The largest absolute Gasteiger partial charge is 0.614 e. The average Bonchev–Trinajstić information content (AvgIpc) is 2.73. The van der Waals surface area contributed by atoms with E-state index in [1.165, 1.54) is 5.56 Å². The molecule has 2 heterocycles. The van der Waals surface area contributed by atoms with Crippen LogP contribution in [-0.2, 0) is 18.9 Å². The smallest absolute Gasteiger partial charge is 0.596 e. The molecule has 3 rings (SSSR count). The molecule has 5 nitrogen and oxygen atoms in total. The summed E-state index contributed by atoms with van der Waals surface area (Å²) in [6.45, 7) is 2.50. The minimum Gasteiger partial charge on any atom is -0.596 e. The van der Waals surface area contributed by atoms with Gasteiger partial charge in [-0.15, -0.1) is 0 Å². The van der Waals surface area contributed by atoms with E-state index in [4.69, 9.17) is 9.31 Å². The van der Waals surface area contributed by atoms with E-state index in [2.05, 4.69) is 13.8 Å². The molecule has 0 unspecified atom stereocenters. The minimum atomic E-state index is -2.09. The summed E-state index contributed by atoms with van der Waals surface area (Å²) in [5.41, 5.74) is 1.97. The standard InChI is InChI=1S/C14H18BNO4/c1-10(2)11-4-6-12(7-5-11)15-16(3,8-13(17)19-15)9-14(18)20-15/h4-7,10H,8-9H2,1-3H3. The van der Waals surface area contributed by atoms with Crippen LogP contribution in [0, 0.1) is 0 Å². The van der Waals surface area contributed by atoms with Crippen LogP contribution >= 0.6 is 0 Å². The molecule has 106 valence electrons. The van der Waals surface area contributed by atoms with Gasteiger partial charge in [-0.1, -0.05) is 43.6 Å². The van der Waals surface area contributed by atoms with Crippen LogP contribution in [-0.4, -0.2) is 43.2 Å². The fourth-order valence-electron chi connectivity index (χ4n) is 3.22. The summed E-state index contributed by atoms with van der Waals surface area (Å²) in [7, 11) is 1.84. The molecule has 1 aromatic carbocycles. The van der Waals surface area contributed by atoms with Crippen molar-refractivity contribution in [1.29, 1.82) is 0 Å². The van der Waals surface area contributed by atoms with E-state index in [-0.39, 0.29) is 29.4 Å². The fraction of sp³-hybridized carbons (Fsp3) is 0.429. The molecule has 2 aliphatic heterocycles. The number of hydrogen-bond acceptors (Lipinski definition) is 4. The van der Waals surface area contributed by atoms with E-state index < -0.39 is 6.69 Å². The van der Waals surface area contributed by atoms with Gasteiger partial charge >= 0.3 is 18.6 Å². The molecule has 0 bridgehead atoms. The molecular weight excluding hydrogens is 257 g/mol. The molecule has 0 radical (unpaired) electrons. The van der Waals surface area contributed by atoms with Gasteiger partial charge in [0.1, 0.15) is 13.1 Å². The summed E-state index contributed by atoms with van der Waals surface area (Å²) in [6, 6.07) is 7.81. The predicted molar refractivity (Wildman–Crippen MR) is 74.0 cm³/mol. The molecule has 0 aromatic heterocycles. The lowest BCUT2D eigenvalue weighted by atomic mass is 9.61. The van der Waals surface area contributed by atoms with Crippen molar-refractivity contribution in [1.82, 2.24) is 0 Å². The first-order valence-corrected chi connectivity index (χ1v) is 6.89. The second kappa shape index (κ2) is 4.09. The highest BCUT2D eigenvalue weighted by Gasteiger charge is 2.66. The lowest BCUT2D eigenvalue weighted by Gasteiger charge is -2.40. The summed E-state index contributed by atoms with van der Waals surface area (Å²) in [5, 5.41) is 0. The van der Waals surface area contributed by atoms with E-state index in [9.17, 15) is 9.59 Å². The lowest BCUT2D eigenvalue weighted by Crippen LogP contribution is -2.67. The third kappa shape index (κ3) is 1.68. The molecule has 2 saturated heterocycles. The lowest BCUT2D eigenvalue weighted by molar-refractivity contribution is -0.791. The summed E-state index contributed by atoms with van der Waals surface area (Å²) in [5.74, 6) is -0.201. The molecule has 0 aliphatic carbocycles. The molecule has 0 N–H and O–H groups in total. The summed E-state index contributed by atoms with van der Waals surface area (Å²) >= 11 is 0. The number of likely N-dealkylation sites (N-methyl/N-ethyl adjacent to an activating group) is 1. The normalized spacial score (nSPS) is 32.2. The first-order valence-electron chi connectivity index (χ1n) is 6.89. The van der Waals surface area contributed by atoms with Crippen LogP contribution in [0.4, 0.5) is 0 Å².